The molecular formula is C26H42O3. The number of carbonyl (C=O) groups is 1. The fourth-order valence-electron chi connectivity index (χ4n) is 8.35. The third kappa shape index (κ3) is 3.30. The number of aliphatic hydroxyl groups is 1. The zero-order valence-corrected chi connectivity index (χ0v) is 19.2. The highest BCUT2D eigenvalue weighted by molar-refractivity contribution is 5.69. The molecule has 0 aliphatic heterocycles. The van der Waals surface area contributed by atoms with Crippen LogP contribution in [0.3, 0.4) is 0 Å². The number of methoxy groups -OCH3 is 1. The minimum absolute atomic E-state index is 0.0468. The third-order valence-corrected chi connectivity index (χ3v) is 10.2. The fraction of sp³-hybridized carbons (Fsp3) is 0.885. The molecule has 0 spiro atoms. The first kappa shape index (κ1) is 21.4. The van der Waals surface area contributed by atoms with Crippen LogP contribution in [-0.4, -0.2) is 24.3 Å². The lowest BCUT2D eigenvalue weighted by Gasteiger charge is -2.58. The van der Waals surface area contributed by atoms with E-state index >= 15 is 0 Å². The summed E-state index contributed by atoms with van der Waals surface area (Å²) in [6.07, 6.45) is 12.5. The first-order valence-corrected chi connectivity index (χ1v) is 12.2. The first-order chi connectivity index (χ1) is 13.7. The molecule has 0 aromatic rings. The van der Waals surface area contributed by atoms with E-state index in [-0.39, 0.29) is 17.5 Å². The normalized spacial score (nSPS) is 47.4. The van der Waals surface area contributed by atoms with Gasteiger partial charge in [-0.25, -0.2) is 0 Å². The van der Waals surface area contributed by atoms with Crippen molar-refractivity contribution < 1.29 is 14.6 Å². The minimum atomic E-state index is -0.346. The Balaban J connectivity index is 1.59. The SMILES string of the molecule is COC(=O)CC[C@@H](C)C1CCC2C3CC[C@@H]4C[C@H](C)CC[C@]4(C)C3=C[C@H](O)[C@@]21C. The molecule has 9 atom stereocenters. The maximum atomic E-state index is 11.7. The summed E-state index contributed by atoms with van der Waals surface area (Å²) in [6.45, 7) is 9.58. The quantitative estimate of drug-likeness (QED) is 0.480. The van der Waals surface area contributed by atoms with Crippen LogP contribution in [0.1, 0.15) is 85.5 Å². The maximum absolute atomic E-state index is 11.7. The van der Waals surface area contributed by atoms with Gasteiger partial charge in [-0.3, -0.25) is 4.79 Å². The van der Waals surface area contributed by atoms with Crippen LogP contribution in [0.5, 0.6) is 0 Å². The monoisotopic (exact) mass is 402 g/mol. The standard InChI is InChI=1S/C26H42O3/c1-16-12-13-25(3)18(14-16)7-8-19-21-10-9-20(17(2)6-11-24(28)29-5)26(21,4)23(27)15-22(19)25/h15-21,23,27H,6-14H2,1-5H3/t16-,17-,18-,19?,20?,21?,23+,25+,26-/m1/s1. The van der Waals surface area contributed by atoms with Crippen molar-refractivity contribution in [1.82, 2.24) is 0 Å². The minimum Gasteiger partial charge on any atom is -0.469 e. The Kier molecular flexibility index (Phi) is 5.68. The van der Waals surface area contributed by atoms with E-state index in [0.29, 0.717) is 35.5 Å². The molecule has 4 rings (SSSR count). The second kappa shape index (κ2) is 7.70. The van der Waals surface area contributed by atoms with Gasteiger partial charge in [0, 0.05) is 11.8 Å². The van der Waals surface area contributed by atoms with Crippen LogP contribution in [0.15, 0.2) is 11.6 Å². The molecule has 164 valence electrons. The molecule has 4 aliphatic rings. The number of hydrogen-bond donors (Lipinski definition) is 1. The number of allylic oxidation sites excluding steroid dienone is 1. The number of esters is 1. The Morgan fingerprint density at radius 1 is 1.24 bits per heavy atom. The highest BCUT2D eigenvalue weighted by Gasteiger charge is 2.60. The lowest BCUT2D eigenvalue weighted by molar-refractivity contribution is -0.141. The Morgan fingerprint density at radius 3 is 2.72 bits per heavy atom. The Hall–Kier alpha value is -0.830. The molecule has 0 amide bonds. The highest BCUT2D eigenvalue weighted by atomic mass is 16.5. The third-order valence-electron chi connectivity index (χ3n) is 10.2. The number of aliphatic hydroxyl groups excluding tert-OH is 1. The van der Waals surface area contributed by atoms with E-state index in [1.807, 2.05) is 0 Å². The molecule has 3 heteroatoms. The van der Waals surface area contributed by atoms with Gasteiger partial charge in [-0.1, -0.05) is 39.3 Å². The molecule has 0 aromatic carbocycles. The summed E-state index contributed by atoms with van der Waals surface area (Å²) in [6, 6.07) is 0. The lowest BCUT2D eigenvalue weighted by Crippen LogP contribution is -2.53. The zero-order valence-electron chi connectivity index (χ0n) is 19.2. The van der Waals surface area contributed by atoms with Gasteiger partial charge in [0.25, 0.3) is 0 Å². The van der Waals surface area contributed by atoms with E-state index in [2.05, 4.69) is 33.8 Å². The van der Waals surface area contributed by atoms with E-state index in [0.717, 1.165) is 18.3 Å². The summed E-state index contributed by atoms with van der Waals surface area (Å²) in [7, 11) is 1.47. The molecule has 3 saturated carbocycles. The van der Waals surface area contributed by atoms with Crippen LogP contribution in [0.2, 0.25) is 0 Å². The van der Waals surface area contributed by atoms with E-state index in [1.165, 1.54) is 52.1 Å². The van der Waals surface area contributed by atoms with Crippen molar-refractivity contribution in [3.8, 4) is 0 Å². The van der Waals surface area contributed by atoms with Crippen LogP contribution in [0.25, 0.3) is 0 Å². The molecule has 0 bridgehead atoms. The molecule has 3 nitrogen and oxygen atoms in total. The number of rotatable bonds is 4. The van der Waals surface area contributed by atoms with Gasteiger partial charge in [0.1, 0.15) is 0 Å². The Labute approximate surface area is 177 Å². The Morgan fingerprint density at radius 2 is 2.00 bits per heavy atom. The van der Waals surface area contributed by atoms with Crippen molar-refractivity contribution in [2.45, 2.75) is 91.6 Å². The zero-order chi connectivity index (χ0) is 21.0. The van der Waals surface area contributed by atoms with E-state index in [4.69, 9.17) is 4.74 Å². The van der Waals surface area contributed by atoms with Crippen molar-refractivity contribution >= 4 is 5.97 Å². The molecule has 1 N–H and O–H groups in total. The molecule has 3 fully saturated rings. The summed E-state index contributed by atoms with van der Waals surface area (Å²) in [4.78, 5) is 11.7. The molecule has 0 heterocycles. The predicted octanol–water partition coefficient (Wildman–Crippen LogP) is 5.76. The number of hydrogen-bond acceptors (Lipinski definition) is 3. The van der Waals surface area contributed by atoms with Gasteiger partial charge in [0.2, 0.25) is 0 Å². The van der Waals surface area contributed by atoms with Gasteiger partial charge < -0.3 is 9.84 Å². The average molecular weight is 403 g/mol. The van der Waals surface area contributed by atoms with Gasteiger partial charge in [-0.15, -0.1) is 0 Å². The predicted molar refractivity (Wildman–Crippen MR) is 116 cm³/mol. The van der Waals surface area contributed by atoms with Crippen molar-refractivity contribution in [3.05, 3.63) is 11.6 Å². The van der Waals surface area contributed by atoms with Crippen LogP contribution >= 0.6 is 0 Å². The van der Waals surface area contributed by atoms with Gasteiger partial charge in [0.15, 0.2) is 0 Å². The molecule has 0 saturated heterocycles. The molecule has 0 aromatic heterocycles. The number of carbonyl (C=O) groups excluding carboxylic acids is 1. The van der Waals surface area contributed by atoms with Gasteiger partial charge >= 0.3 is 5.97 Å². The van der Waals surface area contributed by atoms with Crippen LogP contribution < -0.4 is 0 Å². The molecule has 0 radical (unpaired) electrons. The smallest absolute Gasteiger partial charge is 0.305 e. The topological polar surface area (TPSA) is 46.5 Å². The number of ether oxygens (including phenoxy) is 1. The van der Waals surface area contributed by atoms with Crippen molar-refractivity contribution in [2.75, 3.05) is 7.11 Å². The van der Waals surface area contributed by atoms with Gasteiger partial charge in [-0.2, -0.15) is 0 Å². The van der Waals surface area contributed by atoms with Gasteiger partial charge in [0.05, 0.1) is 13.2 Å². The lowest BCUT2D eigenvalue weighted by atomic mass is 9.47. The molecular weight excluding hydrogens is 360 g/mol. The Bertz CT molecular complexity index is 669. The van der Waals surface area contributed by atoms with Gasteiger partial charge in [-0.05, 0) is 92.3 Å². The van der Waals surface area contributed by atoms with E-state index in [1.54, 1.807) is 5.57 Å². The van der Waals surface area contributed by atoms with Crippen LogP contribution in [-0.2, 0) is 9.53 Å². The number of fused-ring (bicyclic) bond motifs is 5. The molecule has 3 unspecified atom stereocenters. The summed E-state index contributed by atoms with van der Waals surface area (Å²) < 4.78 is 4.86. The van der Waals surface area contributed by atoms with E-state index < -0.39 is 0 Å². The van der Waals surface area contributed by atoms with Crippen molar-refractivity contribution in [3.63, 3.8) is 0 Å². The molecule has 4 aliphatic carbocycles. The second-order valence-corrected chi connectivity index (χ2v) is 11.5. The summed E-state index contributed by atoms with van der Waals surface area (Å²) in [5.74, 6) is 3.74. The first-order valence-electron chi connectivity index (χ1n) is 12.2. The summed E-state index contributed by atoms with van der Waals surface area (Å²) >= 11 is 0. The largest absolute Gasteiger partial charge is 0.469 e. The average Bonchev–Trinajstić information content (AvgIpc) is 3.06. The van der Waals surface area contributed by atoms with Crippen molar-refractivity contribution in [2.24, 2.45) is 46.3 Å². The second-order valence-electron chi connectivity index (χ2n) is 11.5. The highest BCUT2D eigenvalue weighted by Crippen LogP contribution is 2.66. The molecule has 29 heavy (non-hydrogen) atoms. The van der Waals surface area contributed by atoms with Crippen molar-refractivity contribution in [1.29, 1.82) is 0 Å². The fourth-order valence-corrected chi connectivity index (χ4v) is 8.35. The summed E-state index contributed by atoms with van der Waals surface area (Å²) in [5, 5.41) is 11.5. The summed E-state index contributed by atoms with van der Waals surface area (Å²) in [5.41, 5.74) is 1.89. The van der Waals surface area contributed by atoms with Crippen LogP contribution in [0.4, 0.5) is 0 Å². The van der Waals surface area contributed by atoms with E-state index in [9.17, 15) is 9.90 Å². The van der Waals surface area contributed by atoms with Crippen LogP contribution in [0, 0.1) is 46.3 Å². The maximum Gasteiger partial charge on any atom is 0.305 e.